The third-order valence-corrected chi connectivity index (χ3v) is 14.1. The van der Waals surface area contributed by atoms with Gasteiger partial charge in [0.1, 0.15) is 8.07 Å². The molecule has 1 aliphatic heterocycles. The van der Waals surface area contributed by atoms with Gasteiger partial charge in [0.25, 0.3) is 0 Å². The lowest BCUT2D eigenvalue weighted by Gasteiger charge is -2.42. The van der Waals surface area contributed by atoms with Crippen molar-refractivity contribution in [1.29, 1.82) is 0 Å². The monoisotopic (exact) mass is 515 g/mol. The van der Waals surface area contributed by atoms with E-state index in [1.807, 2.05) is 0 Å². The summed E-state index contributed by atoms with van der Waals surface area (Å²) in [5.41, 5.74) is 0.137. The molecule has 1 saturated heterocycles. The maximum atomic E-state index is 13.5. The molecule has 194 valence electrons. The van der Waals surface area contributed by atoms with Crippen molar-refractivity contribution in [2.75, 3.05) is 13.2 Å². The van der Waals surface area contributed by atoms with Gasteiger partial charge in [0.15, 0.2) is 6.29 Å². The van der Waals surface area contributed by atoms with Crippen molar-refractivity contribution in [3.05, 3.63) is 60.7 Å². The first-order valence-corrected chi connectivity index (χ1v) is 16.7. The molecular weight excluding hydrogens is 470 g/mol. The Kier molecular flexibility index (Phi) is 10.7. The largest absolute Gasteiger partial charge is 0.353 e. The Balaban J connectivity index is 2.00. The van der Waals surface area contributed by atoms with E-state index in [2.05, 4.69) is 100 Å². The summed E-state index contributed by atoms with van der Waals surface area (Å²) in [7, 11) is -3.55. The lowest BCUT2D eigenvalue weighted by Crippen LogP contribution is -2.71. The molecule has 1 aliphatic rings. The summed E-state index contributed by atoms with van der Waals surface area (Å²) in [4.78, 5) is 0. The standard InChI is InChI=1S/C29H45NO3SSi/c1-24(2)23-27(30-34(31)29(3,4)5)35(25-15-8-6-9-16-25,26-17-10-7-11-18-26)22-14-21-33-28-19-12-13-20-32-28/h6-11,15-18,24,27-28,30H,12-14,19-23H2,1-5H3/t27-,28?,34-/m1/s1. The molecular formula is C29H45NO3SSi. The van der Waals surface area contributed by atoms with Crippen molar-refractivity contribution < 1.29 is 13.7 Å². The van der Waals surface area contributed by atoms with E-state index in [9.17, 15) is 4.21 Å². The van der Waals surface area contributed by atoms with Crippen LogP contribution in [0.2, 0.25) is 6.04 Å². The van der Waals surface area contributed by atoms with Crippen LogP contribution in [0, 0.1) is 5.92 Å². The van der Waals surface area contributed by atoms with Gasteiger partial charge >= 0.3 is 0 Å². The zero-order valence-corrected chi connectivity index (χ0v) is 24.1. The first kappa shape index (κ1) is 28.3. The zero-order chi connectivity index (χ0) is 25.3. The van der Waals surface area contributed by atoms with E-state index in [0.717, 1.165) is 38.3 Å². The van der Waals surface area contributed by atoms with Crippen LogP contribution in [0.4, 0.5) is 0 Å². The van der Waals surface area contributed by atoms with Crippen LogP contribution in [-0.2, 0) is 20.5 Å². The Morgan fingerprint density at radius 2 is 1.63 bits per heavy atom. The van der Waals surface area contributed by atoms with Crippen LogP contribution in [0.25, 0.3) is 0 Å². The van der Waals surface area contributed by atoms with Crippen LogP contribution in [0.15, 0.2) is 60.7 Å². The summed E-state index contributed by atoms with van der Waals surface area (Å²) in [5, 5.41) is 2.79. The molecule has 1 heterocycles. The van der Waals surface area contributed by atoms with Crippen molar-refractivity contribution in [3.8, 4) is 0 Å². The Morgan fingerprint density at radius 3 is 2.11 bits per heavy atom. The molecule has 0 aliphatic carbocycles. The lowest BCUT2D eigenvalue weighted by atomic mass is 10.1. The minimum atomic E-state index is -2.39. The van der Waals surface area contributed by atoms with Gasteiger partial charge in [-0.15, -0.1) is 0 Å². The highest BCUT2D eigenvalue weighted by atomic mass is 32.2. The van der Waals surface area contributed by atoms with Gasteiger partial charge in [-0.25, -0.2) is 8.93 Å². The minimum absolute atomic E-state index is 0.0637. The number of nitrogens with one attached hydrogen (secondary N) is 1. The molecule has 0 saturated carbocycles. The van der Waals surface area contributed by atoms with Crippen molar-refractivity contribution in [3.63, 3.8) is 0 Å². The smallest absolute Gasteiger partial charge is 0.157 e. The fourth-order valence-electron chi connectivity index (χ4n) is 5.04. The summed E-state index contributed by atoms with van der Waals surface area (Å²) < 4.78 is 28.8. The molecule has 3 atom stereocenters. The quantitative estimate of drug-likeness (QED) is 0.313. The molecule has 1 unspecified atom stereocenters. The van der Waals surface area contributed by atoms with Gasteiger partial charge in [-0.3, -0.25) is 0 Å². The molecule has 2 aromatic carbocycles. The first-order valence-electron chi connectivity index (χ1n) is 13.3. The maximum Gasteiger partial charge on any atom is 0.157 e. The minimum Gasteiger partial charge on any atom is -0.353 e. The van der Waals surface area contributed by atoms with Crippen LogP contribution in [-0.4, -0.2) is 42.2 Å². The number of hydrogen-bond donors (Lipinski definition) is 1. The van der Waals surface area contributed by atoms with E-state index in [1.165, 1.54) is 16.8 Å². The zero-order valence-electron chi connectivity index (χ0n) is 22.3. The van der Waals surface area contributed by atoms with Crippen molar-refractivity contribution in [1.82, 2.24) is 4.72 Å². The van der Waals surface area contributed by atoms with Crippen LogP contribution >= 0.6 is 0 Å². The van der Waals surface area contributed by atoms with E-state index >= 15 is 0 Å². The molecule has 0 spiro atoms. The molecule has 0 aromatic heterocycles. The van der Waals surface area contributed by atoms with Crippen LogP contribution in [0.3, 0.4) is 0 Å². The molecule has 3 rings (SSSR count). The van der Waals surface area contributed by atoms with Gasteiger partial charge in [0.2, 0.25) is 0 Å². The molecule has 1 N–H and O–H groups in total. The van der Waals surface area contributed by atoms with Gasteiger partial charge in [0, 0.05) is 18.9 Å². The second kappa shape index (κ2) is 13.3. The van der Waals surface area contributed by atoms with Crippen molar-refractivity contribution in [2.45, 2.75) is 89.5 Å². The summed E-state index contributed by atoms with van der Waals surface area (Å²) in [5.74, 6) is 0.482. The topological polar surface area (TPSA) is 47.6 Å². The second-order valence-corrected chi connectivity index (χ2v) is 17.4. The van der Waals surface area contributed by atoms with Gasteiger partial charge in [0.05, 0.1) is 15.7 Å². The molecule has 6 heteroatoms. The van der Waals surface area contributed by atoms with E-state index in [-0.39, 0.29) is 16.7 Å². The molecule has 1 fully saturated rings. The van der Waals surface area contributed by atoms with E-state index in [1.54, 1.807) is 0 Å². The molecule has 4 nitrogen and oxygen atoms in total. The van der Waals surface area contributed by atoms with Gasteiger partial charge in [-0.1, -0.05) is 84.9 Å². The predicted octanol–water partition coefficient (Wildman–Crippen LogP) is 5.19. The predicted molar refractivity (Wildman–Crippen MR) is 151 cm³/mol. The van der Waals surface area contributed by atoms with Gasteiger partial charge in [-0.05, 0) is 64.8 Å². The average molecular weight is 516 g/mol. The first-order chi connectivity index (χ1) is 16.7. The third-order valence-electron chi connectivity index (χ3n) is 6.84. The number of ether oxygens (including phenoxy) is 2. The number of hydrogen-bond acceptors (Lipinski definition) is 3. The maximum absolute atomic E-state index is 13.5. The molecule has 0 bridgehead atoms. The summed E-state index contributed by atoms with van der Waals surface area (Å²) in [6.07, 6.45) is 5.16. The van der Waals surface area contributed by atoms with Crippen LogP contribution in [0.1, 0.15) is 66.7 Å². The SMILES string of the molecule is CC(C)C[C@H](N[S@](=O)C(C)(C)C)[Si](CCCOC1CCCCO1)(c1ccccc1)c1ccccc1. The molecule has 0 radical (unpaired) electrons. The van der Waals surface area contributed by atoms with E-state index in [4.69, 9.17) is 9.47 Å². The highest BCUT2D eigenvalue weighted by Gasteiger charge is 2.45. The summed E-state index contributed by atoms with van der Waals surface area (Å²) in [6, 6.07) is 23.0. The van der Waals surface area contributed by atoms with Crippen molar-refractivity contribution >= 4 is 29.4 Å². The van der Waals surface area contributed by atoms with Gasteiger partial charge in [-0.2, -0.15) is 0 Å². The fraction of sp³-hybridized carbons (Fsp3) is 0.586. The Bertz CT molecular complexity index is 856. The molecule has 2 aromatic rings. The highest BCUT2D eigenvalue weighted by Crippen LogP contribution is 2.26. The van der Waals surface area contributed by atoms with Gasteiger partial charge < -0.3 is 9.47 Å². The van der Waals surface area contributed by atoms with E-state index in [0.29, 0.717) is 12.5 Å². The lowest BCUT2D eigenvalue weighted by molar-refractivity contribution is -0.162. The third kappa shape index (κ3) is 7.83. The van der Waals surface area contributed by atoms with E-state index < -0.39 is 19.1 Å². The van der Waals surface area contributed by atoms with Crippen LogP contribution in [0.5, 0.6) is 0 Å². The second-order valence-electron chi connectivity index (χ2n) is 11.2. The molecule has 35 heavy (non-hydrogen) atoms. The highest BCUT2D eigenvalue weighted by molar-refractivity contribution is 7.84. The summed E-state index contributed by atoms with van der Waals surface area (Å²) >= 11 is 0. The fourth-order valence-corrected chi connectivity index (χ4v) is 12.1. The number of rotatable bonds is 12. The Labute approximate surface area is 216 Å². The number of benzene rings is 2. The Morgan fingerprint density at radius 1 is 1.03 bits per heavy atom. The molecule has 0 amide bonds. The Hall–Kier alpha value is -1.31. The van der Waals surface area contributed by atoms with Crippen molar-refractivity contribution in [2.24, 2.45) is 5.92 Å². The van der Waals surface area contributed by atoms with Crippen LogP contribution < -0.4 is 15.1 Å². The average Bonchev–Trinajstić information content (AvgIpc) is 2.85. The summed E-state index contributed by atoms with van der Waals surface area (Å²) in [6.45, 7) is 12.2. The normalized spacial score (nSPS) is 19.0.